The summed E-state index contributed by atoms with van der Waals surface area (Å²) in [6.07, 6.45) is -8.20. The number of carbonyl (C=O) groups is 2. The summed E-state index contributed by atoms with van der Waals surface area (Å²) >= 11 is 0. The monoisotopic (exact) mass is 599 g/mol. The van der Waals surface area contributed by atoms with E-state index in [1.165, 1.54) is 6.07 Å². The Kier molecular flexibility index (Phi) is 8.62. The first-order valence-corrected chi connectivity index (χ1v) is 13.6. The maximum atomic E-state index is 13.9. The lowest BCUT2D eigenvalue weighted by Gasteiger charge is -2.41. The highest BCUT2D eigenvalue weighted by molar-refractivity contribution is 5.80. The Labute approximate surface area is 238 Å². The van der Waals surface area contributed by atoms with E-state index in [9.17, 15) is 35.9 Å². The highest BCUT2D eigenvalue weighted by atomic mass is 19.4. The summed E-state index contributed by atoms with van der Waals surface area (Å²) < 4.78 is 80.0. The van der Waals surface area contributed by atoms with Crippen molar-refractivity contribution in [3.63, 3.8) is 0 Å². The van der Waals surface area contributed by atoms with E-state index in [0.717, 1.165) is 23.4 Å². The molecular weight excluding hydrogens is 568 g/mol. The lowest BCUT2D eigenvalue weighted by atomic mass is 9.94. The number of anilines is 1. The van der Waals surface area contributed by atoms with Crippen LogP contribution in [0.15, 0.2) is 42.6 Å². The van der Waals surface area contributed by atoms with Crippen LogP contribution in [0.2, 0.25) is 0 Å². The number of amides is 2. The van der Waals surface area contributed by atoms with Crippen LogP contribution in [0.3, 0.4) is 0 Å². The third-order valence-corrected chi connectivity index (χ3v) is 8.02. The molecule has 42 heavy (non-hydrogen) atoms. The van der Waals surface area contributed by atoms with Gasteiger partial charge in [0.25, 0.3) is 0 Å². The van der Waals surface area contributed by atoms with Crippen LogP contribution in [-0.2, 0) is 22.3 Å². The number of benzene rings is 1. The van der Waals surface area contributed by atoms with E-state index in [0.29, 0.717) is 45.1 Å². The van der Waals surface area contributed by atoms with Gasteiger partial charge in [-0.1, -0.05) is 24.3 Å². The van der Waals surface area contributed by atoms with E-state index in [1.807, 2.05) is 29.2 Å². The predicted molar refractivity (Wildman–Crippen MR) is 140 cm³/mol. The minimum absolute atomic E-state index is 0.0626. The fourth-order valence-electron chi connectivity index (χ4n) is 5.87. The Bertz CT molecular complexity index is 1260. The summed E-state index contributed by atoms with van der Waals surface area (Å²) in [7, 11) is 0. The van der Waals surface area contributed by atoms with Crippen molar-refractivity contribution in [1.29, 1.82) is 0 Å². The molecule has 1 aromatic carbocycles. The number of piperazine rings is 1. The van der Waals surface area contributed by atoms with E-state index in [-0.39, 0.29) is 25.4 Å². The van der Waals surface area contributed by atoms with Crippen molar-refractivity contribution in [2.24, 2.45) is 5.92 Å². The van der Waals surface area contributed by atoms with Crippen LogP contribution in [0, 0.1) is 5.92 Å². The van der Waals surface area contributed by atoms with Gasteiger partial charge in [0.15, 0.2) is 5.92 Å². The summed E-state index contributed by atoms with van der Waals surface area (Å²) in [4.78, 5) is 34.2. The number of nitrogens with zero attached hydrogens (tertiary/aromatic N) is 4. The zero-order chi connectivity index (χ0) is 30.1. The Balaban J connectivity index is 1.14. The van der Waals surface area contributed by atoms with Gasteiger partial charge in [-0.2, -0.15) is 26.3 Å². The standard InChI is InChI=1S/C27H31F6N7O2/c28-26(29,30)18-5-6-22(35-13-18)38-9-11-39(12-10-38)23(41)7-8-34-14-20-19-4-2-1-3-17(19)16-40(20)21-15-36-37-25(42)24(21)27(31,32)33/h1-6,13,20-21,24,34,36H,7-12,14-16H2,(H,37,42)/t20-,21?,24?/m1/s1. The van der Waals surface area contributed by atoms with Crippen molar-refractivity contribution in [2.45, 2.75) is 37.4 Å². The minimum atomic E-state index is -4.71. The van der Waals surface area contributed by atoms with Crippen LogP contribution in [0.4, 0.5) is 32.2 Å². The second-order valence-electron chi connectivity index (χ2n) is 10.6. The van der Waals surface area contributed by atoms with Crippen molar-refractivity contribution in [1.82, 2.24) is 31.0 Å². The van der Waals surface area contributed by atoms with Gasteiger partial charge in [0.2, 0.25) is 11.8 Å². The number of alkyl halides is 6. The van der Waals surface area contributed by atoms with E-state index >= 15 is 0 Å². The summed E-state index contributed by atoms with van der Waals surface area (Å²) in [6, 6.07) is 8.17. The van der Waals surface area contributed by atoms with E-state index in [4.69, 9.17) is 0 Å². The van der Waals surface area contributed by atoms with Gasteiger partial charge in [-0.15, -0.1) is 0 Å². The van der Waals surface area contributed by atoms with Crippen LogP contribution in [0.5, 0.6) is 0 Å². The molecule has 2 unspecified atom stereocenters. The van der Waals surface area contributed by atoms with Gasteiger partial charge >= 0.3 is 12.4 Å². The molecule has 228 valence electrons. The van der Waals surface area contributed by atoms with Crippen LogP contribution in [0.1, 0.15) is 29.2 Å². The molecule has 3 aliphatic heterocycles. The third-order valence-electron chi connectivity index (χ3n) is 8.02. The number of hydrogen-bond acceptors (Lipinski definition) is 7. The van der Waals surface area contributed by atoms with Gasteiger partial charge in [-0.25, -0.2) is 10.4 Å². The maximum Gasteiger partial charge on any atom is 0.417 e. The first-order chi connectivity index (χ1) is 19.9. The Hall–Kier alpha value is -3.43. The molecule has 9 nitrogen and oxygen atoms in total. The van der Waals surface area contributed by atoms with Crippen LogP contribution >= 0.6 is 0 Å². The molecule has 2 fully saturated rings. The summed E-state index contributed by atoms with van der Waals surface area (Å²) in [5.41, 5.74) is 5.65. The molecule has 1 aromatic heterocycles. The quantitative estimate of drug-likeness (QED) is 0.333. The average molecular weight is 600 g/mol. The van der Waals surface area contributed by atoms with Crippen molar-refractivity contribution >= 4 is 17.6 Å². The molecule has 4 heterocycles. The Morgan fingerprint density at radius 2 is 1.76 bits per heavy atom. The van der Waals surface area contributed by atoms with E-state index in [1.54, 1.807) is 9.80 Å². The summed E-state index contributed by atoms with van der Waals surface area (Å²) in [6.45, 7) is 2.43. The van der Waals surface area contributed by atoms with Crippen LogP contribution in [-0.4, -0.2) is 84.6 Å². The van der Waals surface area contributed by atoms with Crippen molar-refractivity contribution in [3.8, 4) is 0 Å². The highest BCUT2D eigenvalue weighted by Gasteiger charge is 2.54. The fraction of sp³-hybridized carbons (Fsp3) is 0.519. The highest BCUT2D eigenvalue weighted by Crippen LogP contribution is 2.41. The largest absolute Gasteiger partial charge is 0.417 e. The second kappa shape index (κ2) is 12.1. The minimum Gasteiger partial charge on any atom is -0.353 e. The number of rotatable bonds is 7. The topological polar surface area (TPSA) is 92.8 Å². The first kappa shape index (κ1) is 30.0. The zero-order valence-corrected chi connectivity index (χ0v) is 22.5. The molecule has 15 heteroatoms. The lowest BCUT2D eigenvalue weighted by molar-refractivity contribution is -0.202. The molecule has 2 aromatic rings. The molecule has 2 amide bonds. The molecule has 3 aliphatic rings. The normalized spacial score (nSPS) is 23.6. The molecule has 3 atom stereocenters. The molecular formula is C27H31F6N7O2. The number of pyridine rings is 1. The van der Waals surface area contributed by atoms with Crippen molar-refractivity contribution < 1.29 is 35.9 Å². The van der Waals surface area contributed by atoms with E-state index < -0.39 is 41.8 Å². The van der Waals surface area contributed by atoms with Gasteiger partial charge in [-0.05, 0) is 23.3 Å². The molecule has 0 saturated carbocycles. The first-order valence-electron chi connectivity index (χ1n) is 13.6. The molecule has 0 spiro atoms. The number of hydrazine groups is 1. The number of halogens is 6. The molecule has 5 rings (SSSR count). The van der Waals surface area contributed by atoms with E-state index in [2.05, 4.69) is 21.2 Å². The van der Waals surface area contributed by atoms with Gasteiger partial charge in [0, 0.05) is 77.1 Å². The Morgan fingerprint density at radius 3 is 2.43 bits per heavy atom. The van der Waals surface area contributed by atoms with Crippen molar-refractivity contribution in [2.75, 3.05) is 50.7 Å². The van der Waals surface area contributed by atoms with Gasteiger partial charge in [-0.3, -0.25) is 19.9 Å². The second-order valence-corrected chi connectivity index (χ2v) is 10.6. The van der Waals surface area contributed by atoms with Gasteiger partial charge in [0.1, 0.15) is 5.82 Å². The Morgan fingerprint density at radius 1 is 1.02 bits per heavy atom. The SMILES string of the molecule is O=C1NNCC(N2Cc3ccccc3[C@H]2CNCCC(=O)N2CCN(c3ccc(C(F)(F)F)cn3)CC2)C1C(F)(F)F. The average Bonchev–Trinajstić information content (AvgIpc) is 3.32. The lowest BCUT2D eigenvalue weighted by Crippen LogP contribution is -2.64. The summed E-state index contributed by atoms with van der Waals surface area (Å²) in [5.74, 6) is -2.97. The van der Waals surface area contributed by atoms with Gasteiger partial charge < -0.3 is 15.1 Å². The summed E-state index contributed by atoms with van der Waals surface area (Å²) in [5, 5.41) is 3.22. The fourth-order valence-corrected chi connectivity index (χ4v) is 5.87. The smallest absolute Gasteiger partial charge is 0.353 e. The molecule has 2 saturated heterocycles. The number of hydrogen-bond donors (Lipinski definition) is 3. The predicted octanol–water partition coefficient (Wildman–Crippen LogP) is 2.47. The molecule has 3 N–H and O–H groups in total. The number of fused-ring (bicyclic) bond motifs is 1. The van der Waals surface area contributed by atoms with Crippen molar-refractivity contribution in [3.05, 3.63) is 59.3 Å². The number of aromatic nitrogens is 1. The number of carbonyl (C=O) groups excluding carboxylic acids is 2. The molecule has 0 radical (unpaired) electrons. The third kappa shape index (κ3) is 6.47. The number of nitrogens with one attached hydrogen (secondary N) is 3. The maximum absolute atomic E-state index is 13.9. The van der Waals surface area contributed by atoms with Crippen LogP contribution < -0.4 is 21.1 Å². The molecule has 0 aliphatic carbocycles. The zero-order valence-electron chi connectivity index (χ0n) is 22.5. The molecule has 0 bridgehead atoms. The van der Waals surface area contributed by atoms with Crippen LogP contribution in [0.25, 0.3) is 0 Å². The van der Waals surface area contributed by atoms with Gasteiger partial charge in [0.05, 0.1) is 5.56 Å².